The summed E-state index contributed by atoms with van der Waals surface area (Å²) in [6.07, 6.45) is 3.10. The molecule has 36 heavy (non-hydrogen) atoms. The van der Waals surface area contributed by atoms with Crippen molar-refractivity contribution < 1.29 is 14.8 Å². The molecule has 0 radical (unpaired) electrons. The second-order valence-corrected chi connectivity index (χ2v) is 8.34. The van der Waals surface area contributed by atoms with Gasteiger partial charge in [0, 0.05) is 55.2 Å². The normalized spacial score (nSPS) is 12.0. The molecule has 0 heterocycles. The van der Waals surface area contributed by atoms with Gasteiger partial charge in [-0.3, -0.25) is 10.1 Å². The molecule has 7 heteroatoms. The molecular weight excluding hydrogens is 454 g/mol. The highest BCUT2D eigenvalue weighted by atomic mass is 16.6. The van der Waals surface area contributed by atoms with E-state index >= 15 is 0 Å². The van der Waals surface area contributed by atoms with E-state index in [9.17, 15) is 15.2 Å². The van der Waals surface area contributed by atoms with Crippen molar-refractivity contribution in [2.24, 2.45) is 0 Å². The number of aliphatic hydroxyl groups is 1. The molecule has 0 bridgehead atoms. The number of nitro benzene ring substituents is 1. The summed E-state index contributed by atoms with van der Waals surface area (Å²) in [5, 5.41) is 21.0. The highest BCUT2D eigenvalue weighted by Gasteiger charge is 2.12. The lowest BCUT2D eigenvalue weighted by Crippen LogP contribution is -2.27. The first kappa shape index (κ1) is 26.9. The van der Waals surface area contributed by atoms with Gasteiger partial charge in [0.25, 0.3) is 5.69 Å². The van der Waals surface area contributed by atoms with Gasteiger partial charge in [0.05, 0.1) is 11.5 Å². The van der Waals surface area contributed by atoms with Crippen LogP contribution in [-0.2, 0) is 4.74 Å². The molecule has 0 aliphatic carbocycles. The van der Waals surface area contributed by atoms with Crippen LogP contribution in [-0.4, -0.2) is 42.8 Å². The fourth-order valence-corrected chi connectivity index (χ4v) is 3.97. The lowest BCUT2D eigenvalue weighted by molar-refractivity contribution is -0.384. The number of benzene rings is 3. The molecule has 0 unspecified atom stereocenters. The number of ether oxygens (including phenoxy) is 1. The Morgan fingerprint density at radius 3 is 1.72 bits per heavy atom. The minimum Gasteiger partial charge on any atom is -0.372 e. The smallest absolute Gasteiger partial charge is 0.269 e. The molecule has 0 aliphatic heterocycles. The third-order valence-corrected chi connectivity index (χ3v) is 6.16. The molecule has 3 rings (SSSR count). The standard InChI is InChI=1S/C29H35N3O4/c1-4-30(5-2)26-15-9-23(10-16-26)7-8-24-11-17-27(18-12-24)31(6-3)21-22-36-29(33)25-13-19-28(20-14-25)32(34)35/h7-20,29,33H,4-6,21-22H2,1-3H3/t29-/m0/s1. The fraction of sp³-hybridized carbons (Fsp3) is 0.310. The zero-order valence-corrected chi connectivity index (χ0v) is 21.2. The Bertz CT molecular complexity index is 1110. The average Bonchev–Trinajstić information content (AvgIpc) is 2.91. The summed E-state index contributed by atoms with van der Waals surface area (Å²) >= 11 is 0. The topological polar surface area (TPSA) is 79.1 Å². The number of rotatable bonds is 13. The van der Waals surface area contributed by atoms with Crippen LogP contribution < -0.4 is 9.80 Å². The molecule has 0 amide bonds. The molecule has 1 atom stereocenters. The highest BCUT2D eigenvalue weighted by molar-refractivity contribution is 5.71. The van der Waals surface area contributed by atoms with Crippen molar-refractivity contribution >= 4 is 29.2 Å². The second kappa shape index (κ2) is 13.4. The Labute approximate surface area is 213 Å². The SMILES string of the molecule is CCN(CC)c1ccc(C=Cc2ccc(N(CC)CCO[C@H](O)c3ccc([N+](=O)[O-])cc3)cc2)cc1. The van der Waals surface area contributed by atoms with E-state index in [2.05, 4.69) is 91.3 Å². The maximum Gasteiger partial charge on any atom is 0.269 e. The summed E-state index contributed by atoms with van der Waals surface area (Å²) in [4.78, 5) is 14.8. The van der Waals surface area contributed by atoms with E-state index in [1.807, 2.05) is 0 Å². The van der Waals surface area contributed by atoms with Gasteiger partial charge in [-0.05, 0) is 68.3 Å². The van der Waals surface area contributed by atoms with Crippen molar-refractivity contribution in [1.82, 2.24) is 0 Å². The van der Waals surface area contributed by atoms with Crippen LogP contribution in [0.15, 0.2) is 72.8 Å². The van der Waals surface area contributed by atoms with Gasteiger partial charge in [-0.25, -0.2) is 0 Å². The third kappa shape index (κ3) is 7.41. The van der Waals surface area contributed by atoms with Crippen molar-refractivity contribution in [3.05, 3.63) is 99.6 Å². The molecule has 3 aromatic carbocycles. The monoisotopic (exact) mass is 489 g/mol. The van der Waals surface area contributed by atoms with Crippen molar-refractivity contribution in [2.45, 2.75) is 27.1 Å². The van der Waals surface area contributed by atoms with Crippen molar-refractivity contribution in [1.29, 1.82) is 0 Å². The molecule has 0 fully saturated rings. The summed E-state index contributed by atoms with van der Waals surface area (Å²) in [6.45, 7) is 10.1. The molecule has 1 N–H and O–H groups in total. The number of likely N-dealkylation sites (N-methyl/N-ethyl adjacent to an activating group) is 1. The quantitative estimate of drug-likeness (QED) is 0.134. The van der Waals surface area contributed by atoms with Crippen LogP contribution in [0.5, 0.6) is 0 Å². The van der Waals surface area contributed by atoms with Gasteiger partial charge in [0.2, 0.25) is 0 Å². The molecular formula is C29H35N3O4. The van der Waals surface area contributed by atoms with Crippen LogP contribution in [0.4, 0.5) is 17.1 Å². The zero-order chi connectivity index (χ0) is 25.9. The average molecular weight is 490 g/mol. The number of nitro groups is 1. The predicted molar refractivity (Wildman–Crippen MR) is 147 cm³/mol. The van der Waals surface area contributed by atoms with Gasteiger partial charge in [-0.1, -0.05) is 36.4 Å². The summed E-state index contributed by atoms with van der Waals surface area (Å²) in [5.74, 6) is 0. The molecule has 0 spiro atoms. The summed E-state index contributed by atoms with van der Waals surface area (Å²) < 4.78 is 5.56. The van der Waals surface area contributed by atoms with Crippen LogP contribution in [0.2, 0.25) is 0 Å². The van der Waals surface area contributed by atoms with E-state index in [4.69, 9.17) is 4.74 Å². The van der Waals surface area contributed by atoms with Gasteiger partial charge in [-0.2, -0.15) is 0 Å². The van der Waals surface area contributed by atoms with Gasteiger partial charge >= 0.3 is 0 Å². The molecule has 190 valence electrons. The second-order valence-electron chi connectivity index (χ2n) is 8.34. The maximum absolute atomic E-state index is 10.8. The van der Waals surface area contributed by atoms with E-state index in [1.54, 1.807) is 0 Å². The van der Waals surface area contributed by atoms with E-state index in [1.165, 1.54) is 30.0 Å². The number of non-ortho nitro benzene ring substituents is 1. The lowest BCUT2D eigenvalue weighted by atomic mass is 10.1. The number of aliphatic hydroxyl groups excluding tert-OH is 1. The number of hydrogen-bond donors (Lipinski definition) is 1. The van der Waals surface area contributed by atoms with Crippen molar-refractivity contribution in [3.63, 3.8) is 0 Å². The Hall–Kier alpha value is -3.68. The molecule has 0 aromatic heterocycles. The van der Waals surface area contributed by atoms with Gasteiger partial charge in [-0.15, -0.1) is 0 Å². The highest BCUT2D eigenvalue weighted by Crippen LogP contribution is 2.21. The van der Waals surface area contributed by atoms with E-state index in [0.29, 0.717) is 18.7 Å². The summed E-state index contributed by atoms with van der Waals surface area (Å²) in [7, 11) is 0. The summed E-state index contributed by atoms with van der Waals surface area (Å²) in [6, 6.07) is 22.7. The van der Waals surface area contributed by atoms with Crippen LogP contribution in [0.1, 0.15) is 43.8 Å². The van der Waals surface area contributed by atoms with Crippen LogP contribution >= 0.6 is 0 Å². The lowest BCUT2D eigenvalue weighted by Gasteiger charge is -2.24. The van der Waals surface area contributed by atoms with E-state index in [0.717, 1.165) is 36.4 Å². The number of anilines is 2. The van der Waals surface area contributed by atoms with Gasteiger partial charge in [0.15, 0.2) is 6.29 Å². The Balaban J connectivity index is 1.52. The van der Waals surface area contributed by atoms with Crippen molar-refractivity contribution in [3.8, 4) is 0 Å². The van der Waals surface area contributed by atoms with Crippen LogP contribution in [0.25, 0.3) is 12.2 Å². The Morgan fingerprint density at radius 2 is 1.28 bits per heavy atom. The molecule has 0 saturated heterocycles. The van der Waals surface area contributed by atoms with E-state index in [-0.39, 0.29) is 5.69 Å². The zero-order valence-electron chi connectivity index (χ0n) is 21.2. The molecule has 0 saturated carbocycles. The van der Waals surface area contributed by atoms with Crippen LogP contribution in [0, 0.1) is 10.1 Å². The Kier molecular flexibility index (Phi) is 10.0. The van der Waals surface area contributed by atoms with Crippen LogP contribution in [0.3, 0.4) is 0 Å². The van der Waals surface area contributed by atoms with Gasteiger partial charge in [0.1, 0.15) is 0 Å². The summed E-state index contributed by atoms with van der Waals surface area (Å²) in [5.41, 5.74) is 5.07. The number of hydrogen-bond acceptors (Lipinski definition) is 6. The number of nitrogens with zero attached hydrogens (tertiary/aromatic N) is 3. The molecule has 3 aromatic rings. The largest absolute Gasteiger partial charge is 0.372 e. The minimum absolute atomic E-state index is 0.0189. The maximum atomic E-state index is 10.8. The first-order valence-electron chi connectivity index (χ1n) is 12.4. The first-order chi connectivity index (χ1) is 17.4. The van der Waals surface area contributed by atoms with Gasteiger partial charge < -0.3 is 19.6 Å². The third-order valence-electron chi connectivity index (χ3n) is 6.16. The van der Waals surface area contributed by atoms with E-state index < -0.39 is 11.2 Å². The Morgan fingerprint density at radius 1 is 0.806 bits per heavy atom. The predicted octanol–water partition coefficient (Wildman–Crippen LogP) is 6.15. The molecule has 7 nitrogen and oxygen atoms in total. The molecule has 0 aliphatic rings. The first-order valence-corrected chi connectivity index (χ1v) is 12.4. The fourth-order valence-electron chi connectivity index (χ4n) is 3.97. The minimum atomic E-state index is -1.13. The van der Waals surface area contributed by atoms with Crippen molar-refractivity contribution in [2.75, 3.05) is 42.6 Å².